The van der Waals surface area contributed by atoms with E-state index >= 15 is 0 Å². The minimum absolute atomic E-state index is 0.112. The number of benzene rings is 1. The summed E-state index contributed by atoms with van der Waals surface area (Å²) >= 11 is 0. The van der Waals surface area contributed by atoms with Crippen molar-refractivity contribution in [3.05, 3.63) is 24.3 Å². The lowest BCUT2D eigenvalue weighted by Gasteiger charge is -2.35. The fourth-order valence-corrected chi connectivity index (χ4v) is 4.49. The molecule has 0 spiro atoms. The summed E-state index contributed by atoms with van der Waals surface area (Å²) in [6, 6.07) is 5.77. The average Bonchev–Trinajstić information content (AvgIpc) is 3.07. The van der Waals surface area contributed by atoms with Crippen molar-refractivity contribution in [2.75, 3.05) is 33.3 Å². The minimum Gasteiger partial charge on any atom is -0.497 e. The van der Waals surface area contributed by atoms with E-state index in [0.29, 0.717) is 31.7 Å². The molecule has 0 radical (unpaired) electrons. The lowest BCUT2D eigenvalue weighted by Crippen LogP contribution is -2.54. The van der Waals surface area contributed by atoms with Gasteiger partial charge in [0.2, 0.25) is 21.8 Å². The smallest absolute Gasteiger partial charge is 0.245 e. The molecule has 2 aliphatic heterocycles. The first-order chi connectivity index (χ1) is 11.9. The summed E-state index contributed by atoms with van der Waals surface area (Å²) in [6.45, 7) is 1.11. The molecule has 1 unspecified atom stereocenters. The number of nitrogens with one attached hydrogen (secondary N) is 1. The molecule has 0 saturated carbocycles. The third kappa shape index (κ3) is 3.62. The Balaban J connectivity index is 1.62. The minimum atomic E-state index is -3.59. The summed E-state index contributed by atoms with van der Waals surface area (Å²) in [4.78, 5) is 25.4. The second-order valence-corrected chi connectivity index (χ2v) is 8.00. The van der Waals surface area contributed by atoms with Crippen LogP contribution >= 0.6 is 0 Å². The van der Waals surface area contributed by atoms with Gasteiger partial charge in [0.25, 0.3) is 0 Å². The molecule has 1 N–H and O–H groups in total. The van der Waals surface area contributed by atoms with E-state index in [1.54, 1.807) is 17.0 Å². The van der Waals surface area contributed by atoms with E-state index in [4.69, 9.17) is 4.74 Å². The molecule has 0 aromatic heterocycles. The van der Waals surface area contributed by atoms with E-state index in [-0.39, 0.29) is 29.8 Å². The van der Waals surface area contributed by atoms with Crippen molar-refractivity contribution >= 4 is 21.8 Å². The molecular formula is C16H21N3O5S. The van der Waals surface area contributed by atoms with Gasteiger partial charge in [-0.2, -0.15) is 4.31 Å². The Morgan fingerprint density at radius 3 is 2.32 bits per heavy atom. The number of nitrogens with zero attached hydrogens (tertiary/aromatic N) is 2. The molecule has 2 heterocycles. The van der Waals surface area contributed by atoms with E-state index < -0.39 is 16.1 Å². The number of carbonyl (C=O) groups is 2. The third-order valence-electron chi connectivity index (χ3n) is 4.54. The maximum absolute atomic E-state index is 12.7. The predicted octanol–water partition coefficient (Wildman–Crippen LogP) is -0.193. The lowest BCUT2D eigenvalue weighted by atomic mass is 10.2. The van der Waals surface area contributed by atoms with Gasteiger partial charge in [-0.15, -0.1) is 0 Å². The Morgan fingerprint density at radius 2 is 1.80 bits per heavy atom. The standard InChI is InChI=1S/C16H21N3O5S/c1-24-12-2-4-13(5-3-12)25(22,23)19-10-8-18(9-11-19)16(21)14-6-7-15(20)17-14/h2-5,14H,6-11H2,1H3,(H,17,20). The van der Waals surface area contributed by atoms with Crippen molar-refractivity contribution in [1.82, 2.24) is 14.5 Å². The molecule has 0 aliphatic carbocycles. The molecular weight excluding hydrogens is 346 g/mol. The molecule has 2 fully saturated rings. The van der Waals surface area contributed by atoms with Crippen LogP contribution in [0.5, 0.6) is 5.75 Å². The van der Waals surface area contributed by atoms with Gasteiger partial charge in [-0.25, -0.2) is 8.42 Å². The highest BCUT2D eigenvalue weighted by Crippen LogP contribution is 2.21. The highest BCUT2D eigenvalue weighted by molar-refractivity contribution is 7.89. The maximum Gasteiger partial charge on any atom is 0.245 e. The molecule has 1 aromatic rings. The lowest BCUT2D eigenvalue weighted by molar-refractivity contribution is -0.135. The van der Waals surface area contributed by atoms with E-state index in [2.05, 4.69) is 5.32 Å². The fraction of sp³-hybridized carbons (Fsp3) is 0.500. The Kier molecular flexibility index (Phi) is 4.96. The third-order valence-corrected chi connectivity index (χ3v) is 6.45. The van der Waals surface area contributed by atoms with Crippen molar-refractivity contribution in [1.29, 1.82) is 0 Å². The first kappa shape index (κ1) is 17.7. The zero-order chi connectivity index (χ0) is 18.0. The predicted molar refractivity (Wildman–Crippen MR) is 89.5 cm³/mol. The summed E-state index contributed by atoms with van der Waals surface area (Å²) in [5.74, 6) is 0.347. The Hall–Kier alpha value is -2.13. The number of methoxy groups -OCH3 is 1. The van der Waals surface area contributed by atoms with Crippen molar-refractivity contribution in [3.63, 3.8) is 0 Å². The van der Waals surface area contributed by atoms with Crippen LogP contribution in [0.4, 0.5) is 0 Å². The monoisotopic (exact) mass is 367 g/mol. The molecule has 1 aromatic carbocycles. The zero-order valence-electron chi connectivity index (χ0n) is 14.0. The van der Waals surface area contributed by atoms with Crippen LogP contribution < -0.4 is 10.1 Å². The fourth-order valence-electron chi connectivity index (χ4n) is 3.07. The Labute approximate surface area is 146 Å². The maximum atomic E-state index is 12.7. The van der Waals surface area contributed by atoms with Gasteiger partial charge < -0.3 is 15.0 Å². The van der Waals surface area contributed by atoms with Crippen molar-refractivity contribution < 1.29 is 22.7 Å². The SMILES string of the molecule is COc1ccc(S(=O)(=O)N2CCN(C(=O)C3CCC(=O)N3)CC2)cc1. The number of amides is 2. The zero-order valence-corrected chi connectivity index (χ0v) is 14.8. The Bertz CT molecular complexity index is 754. The molecule has 9 heteroatoms. The highest BCUT2D eigenvalue weighted by atomic mass is 32.2. The van der Waals surface area contributed by atoms with Crippen molar-refractivity contribution in [2.24, 2.45) is 0 Å². The molecule has 8 nitrogen and oxygen atoms in total. The molecule has 2 aliphatic rings. The van der Waals surface area contributed by atoms with Crippen LogP contribution in [0.3, 0.4) is 0 Å². The number of ether oxygens (including phenoxy) is 1. The molecule has 1 atom stereocenters. The summed E-state index contributed by atoms with van der Waals surface area (Å²) in [7, 11) is -2.07. The molecule has 2 amide bonds. The second kappa shape index (κ2) is 7.01. The van der Waals surface area contributed by atoms with Gasteiger partial charge in [-0.3, -0.25) is 9.59 Å². The summed E-state index contributed by atoms with van der Waals surface area (Å²) in [5, 5.41) is 2.66. The highest BCUT2D eigenvalue weighted by Gasteiger charge is 2.34. The van der Waals surface area contributed by atoms with E-state index in [9.17, 15) is 18.0 Å². The summed E-state index contributed by atoms with van der Waals surface area (Å²) in [5.41, 5.74) is 0. The van der Waals surface area contributed by atoms with Crippen molar-refractivity contribution in [3.8, 4) is 5.75 Å². The summed E-state index contributed by atoms with van der Waals surface area (Å²) in [6.07, 6.45) is 0.865. The van der Waals surface area contributed by atoms with Crippen LogP contribution in [0, 0.1) is 0 Å². The Morgan fingerprint density at radius 1 is 1.16 bits per heavy atom. The quantitative estimate of drug-likeness (QED) is 0.796. The van der Waals surface area contributed by atoms with Gasteiger partial charge >= 0.3 is 0 Å². The number of hydrogen-bond acceptors (Lipinski definition) is 5. The second-order valence-electron chi connectivity index (χ2n) is 6.06. The summed E-state index contributed by atoms with van der Waals surface area (Å²) < 4.78 is 31.8. The van der Waals surface area contributed by atoms with Gasteiger partial charge in [0.1, 0.15) is 11.8 Å². The number of sulfonamides is 1. The topological polar surface area (TPSA) is 96.0 Å². The van der Waals surface area contributed by atoms with Gasteiger partial charge in [-0.1, -0.05) is 0 Å². The molecule has 2 saturated heterocycles. The number of hydrogen-bond donors (Lipinski definition) is 1. The van der Waals surface area contributed by atoms with E-state index in [1.165, 1.54) is 23.5 Å². The van der Waals surface area contributed by atoms with Crippen LogP contribution in [0.15, 0.2) is 29.2 Å². The first-order valence-corrected chi connectivity index (χ1v) is 9.58. The molecule has 3 rings (SSSR count). The first-order valence-electron chi connectivity index (χ1n) is 8.14. The van der Waals surface area contributed by atoms with Crippen LogP contribution in [0.1, 0.15) is 12.8 Å². The van der Waals surface area contributed by atoms with Gasteiger partial charge in [-0.05, 0) is 30.7 Å². The van der Waals surface area contributed by atoms with Crippen LogP contribution in [-0.4, -0.2) is 68.8 Å². The van der Waals surface area contributed by atoms with Crippen molar-refractivity contribution in [2.45, 2.75) is 23.8 Å². The van der Waals surface area contributed by atoms with Gasteiger partial charge in [0, 0.05) is 32.6 Å². The van der Waals surface area contributed by atoms with Crippen LogP contribution in [0.2, 0.25) is 0 Å². The normalized spacial score (nSPS) is 21.9. The number of piperazine rings is 1. The number of rotatable bonds is 4. The largest absolute Gasteiger partial charge is 0.497 e. The van der Waals surface area contributed by atoms with E-state index in [0.717, 1.165) is 0 Å². The van der Waals surface area contributed by atoms with Gasteiger partial charge in [0.15, 0.2) is 0 Å². The average molecular weight is 367 g/mol. The molecule has 25 heavy (non-hydrogen) atoms. The number of carbonyl (C=O) groups excluding carboxylic acids is 2. The molecule has 0 bridgehead atoms. The van der Waals surface area contributed by atoms with Gasteiger partial charge in [0.05, 0.1) is 12.0 Å². The van der Waals surface area contributed by atoms with E-state index in [1.807, 2.05) is 0 Å². The van der Waals surface area contributed by atoms with Crippen LogP contribution in [0.25, 0.3) is 0 Å². The molecule has 136 valence electrons. The van der Waals surface area contributed by atoms with Crippen LogP contribution in [-0.2, 0) is 19.6 Å².